The average molecular weight is 524 g/mol. The maximum Gasteiger partial charge on any atom is 0.147 e. The maximum absolute atomic E-state index is 5.13. The third-order valence-corrected chi connectivity index (χ3v) is 8.85. The number of pyridine rings is 3. The first-order chi connectivity index (χ1) is 20.3. The van der Waals surface area contributed by atoms with Gasteiger partial charge in [0.05, 0.1) is 28.3 Å². The SMILES string of the molecule is c1ccc(-n2c3cc4c5cccnc5n5c6cnccc6nc5c4cc3c3c4c(ccc32)-c2ccccc2C4)cc1. The molecule has 5 nitrogen and oxygen atoms in total. The molecule has 0 saturated carbocycles. The molecule has 1 aliphatic carbocycles. The highest BCUT2D eigenvalue weighted by atomic mass is 15.1. The molecule has 9 aromatic rings. The summed E-state index contributed by atoms with van der Waals surface area (Å²) in [5.41, 5.74) is 12.7. The Morgan fingerprint density at radius 1 is 0.610 bits per heavy atom. The molecule has 5 heterocycles. The van der Waals surface area contributed by atoms with E-state index in [9.17, 15) is 0 Å². The minimum Gasteiger partial charge on any atom is -0.309 e. The summed E-state index contributed by atoms with van der Waals surface area (Å²) >= 11 is 0. The van der Waals surface area contributed by atoms with Crippen LogP contribution in [0.2, 0.25) is 0 Å². The van der Waals surface area contributed by atoms with E-state index in [1.54, 1.807) is 6.20 Å². The summed E-state index contributed by atoms with van der Waals surface area (Å²) in [6, 6.07) is 35.0. The van der Waals surface area contributed by atoms with E-state index in [-0.39, 0.29) is 0 Å². The van der Waals surface area contributed by atoms with E-state index in [1.165, 1.54) is 44.1 Å². The van der Waals surface area contributed by atoms with Gasteiger partial charge >= 0.3 is 0 Å². The highest BCUT2D eigenvalue weighted by molar-refractivity contribution is 6.22. The Hall–Kier alpha value is -5.55. The summed E-state index contributed by atoms with van der Waals surface area (Å²) in [4.78, 5) is 14.4. The number of imidazole rings is 1. The van der Waals surface area contributed by atoms with Gasteiger partial charge in [0, 0.05) is 39.6 Å². The molecule has 5 aromatic heterocycles. The van der Waals surface area contributed by atoms with Crippen molar-refractivity contribution in [3.63, 3.8) is 0 Å². The van der Waals surface area contributed by atoms with E-state index in [1.807, 2.05) is 24.5 Å². The standard InChI is InChI=1S/C36H21N5/c1-2-8-22(9-3-1)40-31-13-12-24-23-10-5-4-7-21(23)17-27(24)34(31)29-18-28-26(19-32(29)40)25-11-6-15-38-35(25)41-33-20-37-16-14-30(33)39-36(28)41/h1-16,18-20H,17H2. The number of rotatable bonds is 1. The van der Waals surface area contributed by atoms with E-state index in [4.69, 9.17) is 9.97 Å². The van der Waals surface area contributed by atoms with Gasteiger partial charge in [-0.15, -0.1) is 0 Å². The van der Waals surface area contributed by atoms with Gasteiger partial charge < -0.3 is 4.57 Å². The number of hydrogen-bond donors (Lipinski definition) is 0. The second kappa shape index (κ2) is 7.55. The van der Waals surface area contributed by atoms with Crippen LogP contribution in [0, 0.1) is 0 Å². The zero-order chi connectivity index (χ0) is 26.7. The molecule has 5 heteroatoms. The van der Waals surface area contributed by atoms with Crippen molar-refractivity contribution in [1.29, 1.82) is 0 Å². The van der Waals surface area contributed by atoms with E-state index in [0.717, 1.165) is 50.6 Å². The topological polar surface area (TPSA) is 48.0 Å². The molecule has 4 aromatic carbocycles. The highest BCUT2D eigenvalue weighted by Crippen LogP contribution is 2.46. The molecule has 0 radical (unpaired) electrons. The molecule has 0 N–H and O–H groups in total. The van der Waals surface area contributed by atoms with Gasteiger partial charge in [0.25, 0.3) is 0 Å². The summed E-state index contributed by atoms with van der Waals surface area (Å²) in [5, 5.41) is 5.94. The lowest BCUT2D eigenvalue weighted by Gasteiger charge is -2.11. The first-order valence-electron chi connectivity index (χ1n) is 13.9. The Morgan fingerprint density at radius 2 is 1.51 bits per heavy atom. The zero-order valence-corrected chi connectivity index (χ0v) is 21.9. The summed E-state index contributed by atoms with van der Waals surface area (Å²) in [5.74, 6) is 0. The molecular formula is C36H21N5. The number of para-hydroxylation sites is 1. The molecule has 0 spiro atoms. The zero-order valence-electron chi connectivity index (χ0n) is 21.9. The number of fused-ring (bicyclic) bond motifs is 15. The molecule has 0 unspecified atom stereocenters. The average Bonchev–Trinajstić information content (AvgIpc) is 3.70. The Morgan fingerprint density at radius 3 is 2.46 bits per heavy atom. The molecule has 1 aliphatic rings. The molecule has 0 atom stereocenters. The van der Waals surface area contributed by atoms with Gasteiger partial charge in [-0.1, -0.05) is 48.5 Å². The molecule has 0 aliphatic heterocycles. The molecule has 0 fully saturated rings. The molecule has 0 bridgehead atoms. The quantitative estimate of drug-likeness (QED) is 0.204. The van der Waals surface area contributed by atoms with E-state index in [2.05, 4.69) is 98.9 Å². The summed E-state index contributed by atoms with van der Waals surface area (Å²) in [7, 11) is 0. The molecule has 41 heavy (non-hydrogen) atoms. The third kappa shape index (κ3) is 2.68. The van der Waals surface area contributed by atoms with Gasteiger partial charge in [0.1, 0.15) is 11.3 Å². The minimum absolute atomic E-state index is 0.892. The van der Waals surface area contributed by atoms with Crippen LogP contribution in [0.5, 0.6) is 0 Å². The maximum atomic E-state index is 5.13. The van der Waals surface area contributed by atoms with Crippen molar-refractivity contribution in [2.24, 2.45) is 0 Å². The minimum atomic E-state index is 0.892. The monoisotopic (exact) mass is 523 g/mol. The van der Waals surface area contributed by atoms with Gasteiger partial charge in [-0.05, 0) is 82.6 Å². The Balaban J connectivity index is 1.45. The number of nitrogens with zero attached hydrogens (tertiary/aromatic N) is 5. The van der Waals surface area contributed by atoms with Crippen molar-refractivity contribution in [3.8, 4) is 16.8 Å². The highest BCUT2D eigenvalue weighted by Gasteiger charge is 2.25. The largest absolute Gasteiger partial charge is 0.309 e. The van der Waals surface area contributed by atoms with E-state index >= 15 is 0 Å². The molecule has 0 amide bonds. The predicted molar refractivity (Wildman–Crippen MR) is 166 cm³/mol. The molecular weight excluding hydrogens is 502 g/mol. The Bertz CT molecular complexity index is 2550. The third-order valence-electron chi connectivity index (χ3n) is 8.85. The van der Waals surface area contributed by atoms with Gasteiger partial charge in [-0.2, -0.15) is 0 Å². The van der Waals surface area contributed by atoms with Crippen LogP contribution in [0.4, 0.5) is 0 Å². The predicted octanol–water partition coefficient (Wildman–Crippen LogP) is 8.25. The molecule has 10 rings (SSSR count). The number of aromatic nitrogens is 5. The van der Waals surface area contributed by atoms with Crippen molar-refractivity contribution in [3.05, 3.63) is 127 Å². The number of hydrogen-bond acceptors (Lipinski definition) is 3. The first kappa shape index (κ1) is 21.3. The Kier molecular flexibility index (Phi) is 3.92. The second-order valence-electron chi connectivity index (χ2n) is 10.9. The van der Waals surface area contributed by atoms with Gasteiger partial charge in [0.2, 0.25) is 0 Å². The van der Waals surface area contributed by atoms with Crippen molar-refractivity contribution in [2.75, 3.05) is 0 Å². The smallest absolute Gasteiger partial charge is 0.147 e. The fourth-order valence-electron chi connectivity index (χ4n) is 7.16. The lowest BCUT2D eigenvalue weighted by atomic mass is 9.99. The summed E-state index contributed by atoms with van der Waals surface area (Å²) < 4.78 is 4.59. The summed E-state index contributed by atoms with van der Waals surface area (Å²) in [6.07, 6.45) is 6.49. The van der Waals surface area contributed by atoms with Crippen LogP contribution < -0.4 is 0 Å². The van der Waals surface area contributed by atoms with Crippen LogP contribution in [0.15, 0.2) is 116 Å². The normalized spacial score (nSPS) is 12.8. The van der Waals surface area contributed by atoms with Crippen LogP contribution in [-0.2, 0) is 6.42 Å². The van der Waals surface area contributed by atoms with Crippen molar-refractivity contribution >= 4 is 60.3 Å². The summed E-state index contributed by atoms with van der Waals surface area (Å²) in [6.45, 7) is 0. The van der Waals surface area contributed by atoms with Crippen LogP contribution in [0.3, 0.4) is 0 Å². The van der Waals surface area contributed by atoms with Gasteiger partial charge in [-0.25, -0.2) is 9.97 Å². The number of benzene rings is 4. The van der Waals surface area contributed by atoms with Crippen molar-refractivity contribution < 1.29 is 0 Å². The van der Waals surface area contributed by atoms with Crippen molar-refractivity contribution in [1.82, 2.24) is 23.9 Å². The van der Waals surface area contributed by atoms with Crippen molar-refractivity contribution in [2.45, 2.75) is 6.42 Å². The van der Waals surface area contributed by atoms with Gasteiger partial charge in [0.15, 0.2) is 0 Å². The van der Waals surface area contributed by atoms with Crippen LogP contribution in [-0.4, -0.2) is 23.9 Å². The van der Waals surface area contributed by atoms with Crippen LogP contribution in [0.1, 0.15) is 11.1 Å². The van der Waals surface area contributed by atoms with Crippen LogP contribution >= 0.6 is 0 Å². The fourth-order valence-corrected chi connectivity index (χ4v) is 7.16. The Labute approximate surface area is 234 Å². The van der Waals surface area contributed by atoms with Gasteiger partial charge in [-0.3, -0.25) is 9.38 Å². The van der Waals surface area contributed by atoms with E-state index in [0.29, 0.717) is 0 Å². The molecule has 190 valence electrons. The second-order valence-corrected chi connectivity index (χ2v) is 10.9. The van der Waals surface area contributed by atoms with Crippen LogP contribution in [0.25, 0.3) is 77.1 Å². The van der Waals surface area contributed by atoms with E-state index < -0.39 is 0 Å². The first-order valence-corrected chi connectivity index (χ1v) is 13.9. The molecule has 0 saturated heterocycles. The lowest BCUT2D eigenvalue weighted by Crippen LogP contribution is -1.96. The fraction of sp³-hybridized carbons (Fsp3) is 0.0278. The lowest BCUT2D eigenvalue weighted by molar-refractivity contribution is 1.18.